The number of aromatic nitrogens is 1. The van der Waals surface area contributed by atoms with E-state index in [1.807, 2.05) is 12.1 Å². The van der Waals surface area contributed by atoms with Gasteiger partial charge >= 0.3 is 0 Å². The molecule has 0 spiro atoms. The van der Waals surface area contributed by atoms with Crippen molar-refractivity contribution in [3.63, 3.8) is 0 Å². The molecule has 0 saturated heterocycles. The summed E-state index contributed by atoms with van der Waals surface area (Å²) in [5, 5.41) is 0. The number of halogens is 1. The largest absolute Gasteiger partial charge is 0.481 e. The first-order chi connectivity index (χ1) is 7.42. The summed E-state index contributed by atoms with van der Waals surface area (Å²) in [6, 6.07) is 3.87. The summed E-state index contributed by atoms with van der Waals surface area (Å²) in [4.78, 5) is 4.25. The van der Waals surface area contributed by atoms with Gasteiger partial charge in [0.25, 0.3) is 0 Å². The van der Waals surface area contributed by atoms with Crippen LogP contribution in [0.5, 0.6) is 5.88 Å². The van der Waals surface area contributed by atoms with Crippen LogP contribution in [-0.2, 0) is 6.54 Å². The van der Waals surface area contributed by atoms with Gasteiger partial charge in [-0.05, 0) is 48.3 Å². The van der Waals surface area contributed by atoms with Crippen LogP contribution in [0.4, 0.5) is 0 Å². The molecule has 0 bridgehead atoms. The molecule has 1 aromatic heterocycles. The lowest BCUT2D eigenvalue weighted by Gasteiger charge is -2.18. The minimum atomic E-state index is 0.215. The van der Waals surface area contributed by atoms with E-state index in [1.165, 1.54) is 0 Å². The first-order valence-electron chi connectivity index (χ1n) is 5.02. The third-order valence-electron chi connectivity index (χ3n) is 1.75. The maximum absolute atomic E-state index is 5.04. The van der Waals surface area contributed by atoms with E-state index < -0.39 is 0 Å². The molecule has 1 aromatic rings. The highest BCUT2D eigenvalue weighted by atomic mass is 79.9. The van der Waals surface area contributed by atoms with Crippen LogP contribution in [0.3, 0.4) is 0 Å². The van der Waals surface area contributed by atoms with Crippen LogP contribution >= 0.6 is 27.9 Å². The SMILES string of the molecule is COc1ccc(CNSC(C)(C)C)c(Br)n1. The van der Waals surface area contributed by atoms with Gasteiger partial charge in [-0.15, -0.1) is 0 Å². The van der Waals surface area contributed by atoms with E-state index in [4.69, 9.17) is 4.74 Å². The summed E-state index contributed by atoms with van der Waals surface area (Å²) in [6.07, 6.45) is 0. The van der Waals surface area contributed by atoms with Crippen molar-refractivity contribution in [3.05, 3.63) is 22.3 Å². The molecule has 0 fully saturated rings. The molecule has 0 aromatic carbocycles. The standard InChI is InChI=1S/C11H17BrN2OS/c1-11(2,3)16-13-7-8-5-6-9(15-4)14-10(8)12/h5-6,13H,7H2,1-4H3. The third-order valence-corrected chi connectivity index (χ3v) is 3.34. The molecule has 0 unspecified atom stereocenters. The van der Waals surface area contributed by atoms with E-state index in [-0.39, 0.29) is 4.75 Å². The van der Waals surface area contributed by atoms with E-state index in [0.717, 1.165) is 16.7 Å². The van der Waals surface area contributed by atoms with Crippen molar-refractivity contribution >= 4 is 27.9 Å². The van der Waals surface area contributed by atoms with E-state index in [0.29, 0.717) is 5.88 Å². The Morgan fingerprint density at radius 1 is 1.44 bits per heavy atom. The van der Waals surface area contributed by atoms with Crippen molar-refractivity contribution in [2.75, 3.05) is 7.11 Å². The summed E-state index contributed by atoms with van der Waals surface area (Å²) >= 11 is 5.15. The van der Waals surface area contributed by atoms with Crippen LogP contribution in [0.1, 0.15) is 26.3 Å². The van der Waals surface area contributed by atoms with Crippen molar-refractivity contribution in [1.29, 1.82) is 0 Å². The molecule has 0 saturated carbocycles. The maximum atomic E-state index is 5.04. The minimum Gasteiger partial charge on any atom is -0.481 e. The fourth-order valence-electron chi connectivity index (χ4n) is 1.02. The van der Waals surface area contributed by atoms with Gasteiger partial charge in [-0.3, -0.25) is 4.72 Å². The number of nitrogens with one attached hydrogen (secondary N) is 1. The Hall–Kier alpha value is -0.260. The highest BCUT2D eigenvalue weighted by Crippen LogP contribution is 2.22. The third kappa shape index (κ3) is 4.72. The lowest BCUT2D eigenvalue weighted by atomic mass is 10.3. The Kier molecular flexibility index (Phi) is 5.08. The molecule has 16 heavy (non-hydrogen) atoms. The van der Waals surface area contributed by atoms with Gasteiger partial charge < -0.3 is 4.74 Å². The Bertz CT molecular complexity index is 352. The van der Waals surface area contributed by atoms with Crippen LogP contribution in [0, 0.1) is 0 Å². The molecule has 0 atom stereocenters. The van der Waals surface area contributed by atoms with Crippen molar-refractivity contribution < 1.29 is 4.74 Å². The van der Waals surface area contributed by atoms with Crippen LogP contribution in [0.25, 0.3) is 0 Å². The number of nitrogens with zero attached hydrogens (tertiary/aromatic N) is 1. The lowest BCUT2D eigenvalue weighted by molar-refractivity contribution is 0.396. The predicted octanol–water partition coefficient (Wildman–Crippen LogP) is 3.39. The highest BCUT2D eigenvalue weighted by Gasteiger charge is 2.11. The van der Waals surface area contributed by atoms with Gasteiger partial charge in [0.1, 0.15) is 4.60 Å². The molecule has 0 aliphatic rings. The fraction of sp³-hybridized carbons (Fsp3) is 0.545. The Morgan fingerprint density at radius 2 is 2.12 bits per heavy atom. The Labute approximate surface area is 110 Å². The quantitative estimate of drug-likeness (QED) is 0.683. The monoisotopic (exact) mass is 304 g/mol. The molecule has 3 nitrogen and oxygen atoms in total. The van der Waals surface area contributed by atoms with Gasteiger partial charge in [0.05, 0.1) is 7.11 Å². The summed E-state index contributed by atoms with van der Waals surface area (Å²) in [6.45, 7) is 7.30. The van der Waals surface area contributed by atoms with Crippen molar-refractivity contribution in [2.24, 2.45) is 0 Å². The van der Waals surface area contributed by atoms with Gasteiger partial charge in [0, 0.05) is 17.4 Å². The normalized spacial score (nSPS) is 11.6. The van der Waals surface area contributed by atoms with E-state index in [1.54, 1.807) is 19.1 Å². The van der Waals surface area contributed by atoms with Gasteiger partial charge in [-0.1, -0.05) is 11.9 Å². The molecule has 5 heteroatoms. The minimum absolute atomic E-state index is 0.215. The van der Waals surface area contributed by atoms with Gasteiger partial charge in [-0.2, -0.15) is 0 Å². The first-order valence-corrected chi connectivity index (χ1v) is 6.63. The average Bonchev–Trinajstić information content (AvgIpc) is 2.18. The zero-order valence-corrected chi connectivity index (χ0v) is 12.4. The summed E-state index contributed by atoms with van der Waals surface area (Å²) in [5.74, 6) is 0.624. The number of hydrogen-bond donors (Lipinski definition) is 1. The number of rotatable bonds is 4. The molecule has 1 N–H and O–H groups in total. The molecule has 1 rings (SSSR count). The second-order valence-electron chi connectivity index (χ2n) is 4.34. The maximum Gasteiger partial charge on any atom is 0.214 e. The molecular formula is C11H17BrN2OS. The Morgan fingerprint density at radius 3 is 2.62 bits per heavy atom. The number of ether oxygens (including phenoxy) is 1. The number of pyridine rings is 1. The fourth-order valence-corrected chi connectivity index (χ4v) is 2.13. The zero-order chi connectivity index (χ0) is 12.2. The smallest absolute Gasteiger partial charge is 0.214 e. The molecule has 90 valence electrons. The molecule has 0 aliphatic carbocycles. The molecule has 0 radical (unpaired) electrons. The topological polar surface area (TPSA) is 34.1 Å². The van der Waals surface area contributed by atoms with E-state index >= 15 is 0 Å². The summed E-state index contributed by atoms with van der Waals surface area (Å²) in [7, 11) is 1.61. The first kappa shape index (κ1) is 13.8. The highest BCUT2D eigenvalue weighted by molar-refractivity contribution is 9.10. The summed E-state index contributed by atoms with van der Waals surface area (Å²) < 4.78 is 9.41. The van der Waals surface area contributed by atoms with Crippen LogP contribution in [-0.4, -0.2) is 16.8 Å². The lowest BCUT2D eigenvalue weighted by Crippen LogP contribution is -2.17. The zero-order valence-electron chi connectivity index (χ0n) is 10.0. The molecule has 0 aliphatic heterocycles. The number of methoxy groups -OCH3 is 1. The van der Waals surface area contributed by atoms with Crippen LogP contribution in [0.15, 0.2) is 16.7 Å². The Balaban J connectivity index is 2.55. The van der Waals surface area contributed by atoms with Crippen molar-refractivity contribution in [3.8, 4) is 5.88 Å². The second kappa shape index (κ2) is 5.89. The van der Waals surface area contributed by atoms with E-state index in [2.05, 4.69) is 46.4 Å². The number of hydrogen-bond acceptors (Lipinski definition) is 4. The van der Waals surface area contributed by atoms with E-state index in [9.17, 15) is 0 Å². The summed E-state index contributed by atoms with van der Waals surface area (Å²) in [5.41, 5.74) is 1.12. The average molecular weight is 305 g/mol. The van der Waals surface area contributed by atoms with Crippen molar-refractivity contribution in [1.82, 2.24) is 9.71 Å². The van der Waals surface area contributed by atoms with Gasteiger partial charge in [-0.25, -0.2) is 4.98 Å². The predicted molar refractivity (Wildman–Crippen MR) is 72.7 cm³/mol. The van der Waals surface area contributed by atoms with Crippen LogP contribution < -0.4 is 9.46 Å². The van der Waals surface area contributed by atoms with Gasteiger partial charge in [0.2, 0.25) is 5.88 Å². The second-order valence-corrected chi connectivity index (χ2v) is 6.81. The van der Waals surface area contributed by atoms with Gasteiger partial charge in [0.15, 0.2) is 0 Å². The van der Waals surface area contributed by atoms with Crippen molar-refractivity contribution in [2.45, 2.75) is 32.1 Å². The molecular weight excluding hydrogens is 288 g/mol. The van der Waals surface area contributed by atoms with Crippen LogP contribution in [0.2, 0.25) is 0 Å². The molecule has 1 heterocycles. The molecule has 0 amide bonds.